The molecule has 1 saturated heterocycles. The van der Waals surface area contributed by atoms with E-state index in [1.54, 1.807) is 0 Å². The molecule has 2 aliphatic carbocycles. The zero-order valence-corrected chi connectivity index (χ0v) is 8.49. The van der Waals surface area contributed by atoms with E-state index in [9.17, 15) is 4.79 Å². The van der Waals surface area contributed by atoms with Gasteiger partial charge in [-0.3, -0.25) is 4.79 Å². The first-order valence-corrected chi connectivity index (χ1v) is 5.49. The van der Waals surface area contributed by atoms with E-state index >= 15 is 0 Å². The van der Waals surface area contributed by atoms with E-state index in [-0.39, 0.29) is 23.5 Å². The molecule has 0 amide bonds. The lowest BCUT2D eigenvalue weighted by molar-refractivity contribution is -0.285. The number of fused-ring (bicyclic) bond motifs is 4. The van der Waals surface area contributed by atoms with Crippen LogP contribution in [0.3, 0.4) is 0 Å². The van der Waals surface area contributed by atoms with Crippen molar-refractivity contribution >= 4 is 5.78 Å². The van der Waals surface area contributed by atoms with Gasteiger partial charge in [-0.1, -0.05) is 6.92 Å². The van der Waals surface area contributed by atoms with Crippen molar-refractivity contribution in [3.05, 3.63) is 0 Å². The molecule has 0 spiro atoms. The van der Waals surface area contributed by atoms with E-state index < -0.39 is 0 Å². The molecule has 1 aliphatic heterocycles. The fraction of sp³-hybridized carbons (Fsp3) is 0.909. The Morgan fingerprint density at radius 3 is 3.00 bits per heavy atom. The molecule has 3 fully saturated rings. The van der Waals surface area contributed by atoms with Gasteiger partial charge in [-0.25, -0.2) is 0 Å². The zero-order valence-electron chi connectivity index (χ0n) is 8.49. The molecule has 1 heterocycles. The summed E-state index contributed by atoms with van der Waals surface area (Å²) in [4.78, 5) is 11.8. The molecular formula is C11H16O3. The number of hydrogen-bond acceptors (Lipinski definition) is 3. The van der Waals surface area contributed by atoms with E-state index in [2.05, 4.69) is 6.92 Å². The maximum atomic E-state index is 11.8. The SMILES string of the molecule is C[C@@]12CCCC(=O)[C@@H]1[C@H]1OCCO[C@@H]12. The average molecular weight is 196 g/mol. The maximum absolute atomic E-state index is 11.8. The van der Waals surface area contributed by atoms with Crippen LogP contribution in [0.4, 0.5) is 0 Å². The lowest BCUT2D eigenvalue weighted by Gasteiger charge is -2.61. The van der Waals surface area contributed by atoms with Crippen molar-refractivity contribution in [1.82, 2.24) is 0 Å². The Labute approximate surface area is 83.8 Å². The van der Waals surface area contributed by atoms with Gasteiger partial charge in [0.15, 0.2) is 0 Å². The van der Waals surface area contributed by atoms with Crippen LogP contribution < -0.4 is 0 Å². The zero-order chi connectivity index (χ0) is 9.76. The summed E-state index contributed by atoms with van der Waals surface area (Å²) in [6.45, 7) is 3.53. The summed E-state index contributed by atoms with van der Waals surface area (Å²) in [5.74, 6) is 0.520. The molecule has 4 atom stereocenters. The van der Waals surface area contributed by atoms with Crippen LogP contribution in [0.1, 0.15) is 26.2 Å². The van der Waals surface area contributed by atoms with Gasteiger partial charge in [-0.15, -0.1) is 0 Å². The van der Waals surface area contributed by atoms with Crippen LogP contribution in [0, 0.1) is 11.3 Å². The number of ketones is 1. The molecular weight excluding hydrogens is 180 g/mol. The molecule has 0 aromatic heterocycles. The minimum atomic E-state index is 0.0709. The maximum Gasteiger partial charge on any atom is 0.139 e. The highest BCUT2D eigenvalue weighted by atomic mass is 16.6. The van der Waals surface area contributed by atoms with Crippen LogP contribution in [0.25, 0.3) is 0 Å². The Hall–Kier alpha value is -0.410. The highest BCUT2D eigenvalue weighted by Crippen LogP contribution is 2.57. The van der Waals surface area contributed by atoms with E-state index in [1.807, 2.05) is 0 Å². The highest BCUT2D eigenvalue weighted by molar-refractivity contribution is 5.85. The fourth-order valence-electron chi connectivity index (χ4n) is 3.46. The van der Waals surface area contributed by atoms with Crippen LogP contribution in [0.5, 0.6) is 0 Å². The minimum Gasteiger partial charge on any atom is -0.373 e. The normalized spacial score (nSPS) is 51.8. The molecule has 3 aliphatic rings. The van der Waals surface area contributed by atoms with Crippen molar-refractivity contribution in [3.63, 3.8) is 0 Å². The third-order valence-electron chi connectivity index (χ3n) is 4.16. The number of rotatable bonds is 0. The van der Waals surface area contributed by atoms with Crippen molar-refractivity contribution in [2.45, 2.75) is 38.4 Å². The lowest BCUT2D eigenvalue weighted by Crippen LogP contribution is -2.70. The standard InChI is InChI=1S/C11H16O3/c1-11-4-2-3-7(12)8(11)9-10(11)14-6-5-13-9/h8-10H,2-6H2,1H3/t8-,9-,10+,11-/m1/s1. The van der Waals surface area contributed by atoms with Gasteiger partial charge >= 0.3 is 0 Å². The molecule has 78 valence electrons. The summed E-state index contributed by atoms with van der Waals surface area (Å²) < 4.78 is 11.4. The summed E-state index contributed by atoms with van der Waals surface area (Å²) in [6.07, 6.45) is 3.14. The smallest absolute Gasteiger partial charge is 0.139 e. The van der Waals surface area contributed by atoms with Crippen LogP contribution >= 0.6 is 0 Å². The third kappa shape index (κ3) is 0.920. The number of ether oxygens (including phenoxy) is 2. The van der Waals surface area contributed by atoms with Crippen LogP contribution in [0.2, 0.25) is 0 Å². The number of hydrogen-bond donors (Lipinski definition) is 0. The predicted octanol–water partition coefficient (Wildman–Crippen LogP) is 1.16. The topological polar surface area (TPSA) is 35.5 Å². The van der Waals surface area contributed by atoms with Gasteiger partial charge < -0.3 is 9.47 Å². The summed E-state index contributed by atoms with van der Waals surface area (Å²) >= 11 is 0. The van der Waals surface area contributed by atoms with Crippen molar-refractivity contribution < 1.29 is 14.3 Å². The predicted molar refractivity (Wildman–Crippen MR) is 49.9 cm³/mol. The summed E-state index contributed by atoms with van der Waals surface area (Å²) in [6, 6.07) is 0. The lowest BCUT2D eigenvalue weighted by atomic mass is 9.50. The molecule has 14 heavy (non-hydrogen) atoms. The molecule has 3 rings (SSSR count). The quantitative estimate of drug-likeness (QED) is 0.583. The molecule has 0 radical (unpaired) electrons. The van der Waals surface area contributed by atoms with Crippen molar-refractivity contribution in [2.24, 2.45) is 11.3 Å². The molecule has 0 aromatic rings. The summed E-state index contributed by atoms with van der Waals surface area (Å²) in [7, 11) is 0. The number of carbonyl (C=O) groups is 1. The van der Waals surface area contributed by atoms with Crippen LogP contribution in [0.15, 0.2) is 0 Å². The van der Waals surface area contributed by atoms with Gasteiger partial charge in [0.1, 0.15) is 5.78 Å². The first-order chi connectivity index (χ1) is 6.73. The van der Waals surface area contributed by atoms with E-state index in [0.717, 1.165) is 19.3 Å². The second kappa shape index (κ2) is 2.80. The Morgan fingerprint density at radius 1 is 1.36 bits per heavy atom. The summed E-state index contributed by atoms with van der Waals surface area (Å²) in [5, 5.41) is 0. The van der Waals surface area contributed by atoms with E-state index in [0.29, 0.717) is 19.0 Å². The van der Waals surface area contributed by atoms with E-state index in [1.165, 1.54) is 0 Å². The summed E-state index contributed by atoms with van der Waals surface area (Å²) in [5.41, 5.74) is 0.0837. The van der Waals surface area contributed by atoms with Gasteiger partial charge in [0, 0.05) is 11.8 Å². The molecule has 0 bridgehead atoms. The highest BCUT2D eigenvalue weighted by Gasteiger charge is 2.65. The van der Waals surface area contributed by atoms with Gasteiger partial charge in [0.25, 0.3) is 0 Å². The van der Waals surface area contributed by atoms with Gasteiger partial charge in [-0.05, 0) is 12.8 Å². The molecule has 3 heteroatoms. The molecule has 3 nitrogen and oxygen atoms in total. The van der Waals surface area contributed by atoms with Crippen molar-refractivity contribution in [1.29, 1.82) is 0 Å². The van der Waals surface area contributed by atoms with Gasteiger partial charge in [0.05, 0.1) is 31.3 Å². The Morgan fingerprint density at radius 2 is 2.14 bits per heavy atom. The van der Waals surface area contributed by atoms with Crippen molar-refractivity contribution in [2.75, 3.05) is 13.2 Å². The second-order valence-electron chi connectivity index (χ2n) is 4.93. The van der Waals surface area contributed by atoms with E-state index in [4.69, 9.17) is 9.47 Å². The Bertz CT molecular complexity index is 276. The fourth-order valence-corrected chi connectivity index (χ4v) is 3.46. The Kier molecular flexibility index (Phi) is 1.77. The number of carbonyl (C=O) groups excluding carboxylic acids is 1. The molecule has 0 aromatic carbocycles. The monoisotopic (exact) mass is 196 g/mol. The van der Waals surface area contributed by atoms with Crippen LogP contribution in [-0.2, 0) is 14.3 Å². The molecule has 2 saturated carbocycles. The minimum absolute atomic E-state index is 0.0709. The first-order valence-electron chi connectivity index (χ1n) is 5.49. The Balaban J connectivity index is 1.88. The van der Waals surface area contributed by atoms with Gasteiger partial charge in [0.2, 0.25) is 0 Å². The largest absolute Gasteiger partial charge is 0.373 e. The first kappa shape index (κ1) is 8.86. The van der Waals surface area contributed by atoms with Gasteiger partial charge in [-0.2, -0.15) is 0 Å². The number of Topliss-reactive ketones (excluding diaryl/α,β-unsaturated/α-hetero) is 1. The second-order valence-corrected chi connectivity index (χ2v) is 4.93. The third-order valence-corrected chi connectivity index (χ3v) is 4.16. The molecule has 0 unspecified atom stereocenters. The average Bonchev–Trinajstić information content (AvgIpc) is 2.16. The van der Waals surface area contributed by atoms with Crippen LogP contribution in [-0.4, -0.2) is 31.2 Å². The molecule has 0 N–H and O–H groups in total. The van der Waals surface area contributed by atoms with Crippen molar-refractivity contribution in [3.8, 4) is 0 Å².